The van der Waals surface area contributed by atoms with Crippen molar-refractivity contribution >= 4 is 11.6 Å². The maximum atomic E-state index is 13.5. The predicted molar refractivity (Wildman–Crippen MR) is 78.5 cm³/mol. The number of halogens is 1. The zero-order chi connectivity index (χ0) is 14.7. The fraction of sp³-hybridized carbons (Fsp3) is 0.250. The van der Waals surface area contributed by atoms with E-state index >= 15 is 0 Å². The largest absolute Gasteiger partial charge is 0.381 e. The van der Waals surface area contributed by atoms with Crippen LogP contribution in [0.15, 0.2) is 42.7 Å². The second-order valence-corrected chi connectivity index (χ2v) is 5.15. The molecule has 0 bridgehead atoms. The molecule has 2 aromatic rings. The Bertz CT molecular complexity index is 655. The van der Waals surface area contributed by atoms with Crippen molar-refractivity contribution in [2.24, 2.45) is 0 Å². The van der Waals surface area contributed by atoms with Gasteiger partial charge in [-0.3, -0.25) is 9.78 Å². The van der Waals surface area contributed by atoms with Crippen LogP contribution in [0.2, 0.25) is 0 Å². The summed E-state index contributed by atoms with van der Waals surface area (Å²) in [4.78, 5) is 16.1. The van der Waals surface area contributed by atoms with Gasteiger partial charge >= 0.3 is 0 Å². The lowest BCUT2D eigenvalue weighted by Crippen LogP contribution is -2.23. The number of carbonyl (C=O) groups is 1. The molecule has 0 spiro atoms. The number of aromatic nitrogens is 1. The van der Waals surface area contributed by atoms with Crippen molar-refractivity contribution in [1.29, 1.82) is 0 Å². The Kier molecular flexibility index (Phi) is 3.81. The SMILES string of the molecule is O=C(NCc1ccccc1F)c1cncc(NC2CC2)c1. The number of nitrogens with zero attached hydrogens (tertiary/aromatic N) is 1. The average molecular weight is 285 g/mol. The van der Waals surface area contributed by atoms with Gasteiger partial charge in [0.25, 0.3) is 5.91 Å². The summed E-state index contributed by atoms with van der Waals surface area (Å²) in [6, 6.07) is 8.66. The van der Waals surface area contributed by atoms with Crippen molar-refractivity contribution in [3.05, 3.63) is 59.7 Å². The van der Waals surface area contributed by atoms with Gasteiger partial charge in [0.15, 0.2) is 0 Å². The summed E-state index contributed by atoms with van der Waals surface area (Å²) in [5.41, 5.74) is 1.78. The first kappa shape index (κ1) is 13.5. The highest BCUT2D eigenvalue weighted by Crippen LogP contribution is 2.24. The van der Waals surface area contributed by atoms with Crippen LogP contribution in [-0.2, 0) is 6.54 Å². The molecule has 1 aliphatic rings. The molecule has 4 nitrogen and oxygen atoms in total. The molecule has 21 heavy (non-hydrogen) atoms. The van der Waals surface area contributed by atoms with Crippen LogP contribution in [0.25, 0.3) is 0 Å². The molecule has 0 aliphatic heterocycles. The molecule has 108 valence electrons. The molecule has 5 heteroatoms. The number of rotatable bonds is 5. The maximum Gasteiger partial charge on any atom is 0.253 e. The minimum Gasteiger partial charge on any atom is -0.381 e. The molecule has 1 aromatic carbocycles. The van der Waals surface area contributed by atoms with Gasteiger partial charge in [-0.15, -0.1) is 0 Å². The maximum absolute atomic E-state index is 13.5. The lowest BCUT2D eigenvalue weighted by atomic mass is 10.2. The number of pyridine rings is 1. The average Bonchev–Trinajstić information content (AvgIpc) is 3.30. The summed E-state index contributed by atoms with van der Waals surface area (Å²) < 4.78 is 13.5. The summed E-state index contributed by atoms with van der Waals surface area (Å²) in [5, 5.41) is 6.00. The molecule has 2 N–H and O–H groups in total. The third kappa shape index (κ3) is 3.56. The molecule has 1 aromatic heterocycles. The molecule has 0 unspecified atom stereocenters. The number of hydrogen-bond acceptors (Lipinski definition) is 3. The molecule has 0 atom stereocenters. The van der Waals surface area contributed by atoms with Gasteiger partial charge in [-0.25, -0.2) is 4.39 Å². The molecular weight excluding hydrogens is 269 g/mol. The van der Waals surface area contributed by atoms with Gasteiger partial charge in [0.2, 0.25) is 0 Å². The number of amides is 1. The van der Waals surface area contributed by atoms with E-state index < -0.39 is 0 Å². The summed E-state index contributed by atoms with van der Waals surface area (Å²) in [5.74, 6) is -0.578. The Morgan fingerprint density at radius 3 is 2.86 bits per heavy atom. The fourth-order valence-electron chi connectivity index (χ4n) is 2.03. The second-order valence-electron chi connectivity index (χ2n) is 5.15. The summed E-state index contributed by atoms with van der Waals surface area (Å²) in [7, 11) is 0. The summed E-state index contributed by atoms with van der Waals surface area (Å²) >= 11 is 0. The number of anilines is 1. The Morgan fingerprint density at radius 2 is 2.10 bits per heavy atom. The number of benzene rings is 1. The Hall–Kier alpha value is -2.43. The number of nitrogens with one attached hydrogen (secondary N) is 2. The number of carbonyl (C=O) groups excluding carboxylic acids is 1. The monoisotopic (exact) mass is 285 g/mol. The van der Waals surface area contributed by atoms with Crippen LogP contribution in [0.4, 0.5) is 10.1 Å². The van der Waals surface area contributed by atoms with Crippen molar-refractivity contribution in [2.45, 2.75) is 25.4 Å². The molecule has 1 heterocycles. The normalized spacial score (nSPS) is 13.8. The van der Waals surface area contributed by atoms with E-state index in [1.807, 2.05) is 0 Å². The first-order valence-corrected chi connectivity index (χ1v) is 6.95. The van der Waals surface area contributed by atoms with E-state index in [1.165, 1.54) is 12.3 Å². The van der Waals surface area contributed by atoms with E-state index in [0.717, 1.165) is 18.5 Å². The molecular formula is C16H16FN3O. The highest BCUT2D eigenvalue weighted by Gasteiger charge is 2.21. The van der Waals surface area contributed by atoms with Gasteiger partial charge in [0.1, 0.15) is 5.82 Å². The highest BCUT2D eigenvalue weighted by molar-refractivity contribution is 5.94. The molecule has 1 fully saturated rings. The minimum atomic E-state index is -0.319. The standard InChI is InChI=1S/C16H16FN3O/c17-15-4-2-1-3-11(15)9-19-16(21)12-7-14(10-18-8-12)20-13-5-6-13/h1-4,7-8,10,13,20H,5-6,9H2,(H,19,21). The first-order valence-electron chi connectivity index (χ1n) is 6.95. The van der Waals surface area contributed by atoms with Crippen molar-refractivity contribution in [3.63, 3.8) is 0 Å². The van der Waals surface area contributed by atoms with Crippen LogP contribution < -0.4 is 10.6 Å². The van der Waals surface area contributed by atoms with Crippen LogP contribution in [0.5, 0.6) is 0 Å². The van der Waals surface area contributed by atoms with Crippen molar-refractivity contribution < 1.29 is 9.18 Å². The molecule has 3 rings (SSSR count). The van der Waals surface area contributed by atoms with Crippen LogP contribution in [0.3, 0.4) is 0 Å². The van der Waals surface area contributed by atoms with E-state index in [-0.39, 0.29) is 18.3 Å². The fourth-order valence-corrected chi connectivity index (χ4v) is 2.03. The quantitative estimate of drug-likeness (QED) is 0.888. The molecule has 0 radical (unpaired) electrons. The number of hydrogen-bond donors (Lipinski definition) is 2. The topological polar surface area (TPSA) is 54.0 Å². The van der Waals surface area contributed by atoms with Gasteiger partial charge < -0.3 is 10.6 Å². The predicted octanol–water partition coefficient (Wildman–Crippen LogP) is 2.73. The second kappa shape index (κ2) is 5.91. The molecule has 1 saturated carbocycles. The van der Waals surface area contributed by atoms with Crippen LogP contribution >= 0.6 is 0 Å². The van der Waals surface area contributed by atoms with E-state index in [1.54, 1.807) is 30.5 Å². The van der Waals surface area contributed by atoms with E-state index in [2.05, 4.69) is 15.6 Å². The van der Waals surface area contributed by atoms with Crippen LogP contribution in [0.1, 0.15) is 28.8 Å². The van der Waals surface area contributed by atoms with Gasteiger partial charge in [-0.1, -0.05) is 18.2 Å². The van der Waals surface area contributed by atoms with E-state index in [0.29, 0.717) is 17.2 Å². The Morgan fingerprint density at radius 1 is 1.29 bits per heavy atom. The zero-order valence-electron chi connectivity index (χ0n) is 11.5. The molecule has 1 aliphatic carbocycles. The third-order valence-corrected chi connectivity index (χ3v) is 3.35. The summed E-state index contributed by atoms with van der Waals surface area (Å²) in [6.45, 7) is 0.159. The third-order valence-electron chi connectivity index (χ3n) is 3.35. The van der Waals surface area contributed by atoms with E-state index in [4.69, 9.17) is 0 Å². The molecule has 1 amide bonds. The van der Waals surface area contributed by atoms with Gasteiger partial charge in [0, 0.05) is 30.5 Å². The van der Waals surface area contributed by atoms with Gasteiger partial charge in [-0.05, 0) is 25.0 Å². The Labute approximate surface area is 122 Å². The minimum absolute atomic E-state index is 0.159. The van der Waals surface area contributed by atoms with Crippen LogP contribution in [-0.4, -0.2) is 16.9 Å². The van der Waals surface area contributed by atoms with Crippen molar-refractivity contribution in [3.8, 4) is 0 Å². The lowest BCUT2D eigenvalue weighted by Gasteiger charge is -2.08. The lowest BCUT2D eigenvalue weighted by molar-refractivity contribution is 0.0950. The van der Waals surface area contributed by atoms with Crippen molar-refractivity contribution in [1.82, 2.24) is 10.3 Å². The van der Waals surface area contributed by atoms with E-state index in [9.17, 15) is 9.18 Å². The smallest absolute Gasteiger partial charge is 0.253 e. The Balaban J connectivity index is 1.63. The van der Waals surface area contributed by atoms with Gasteiger partial charge in [-0.2, -0.15) is 0 Å². The zero-order valence-corrected chi connectivity index (χ0v) is 11.5. The van der Waals surface area contributed by atoms with Crippen LogP contribution in [0, 0.1) is 5.82 Å². The summed E-state index contributed by atoms with van der Waals surface area (Å²) in [6.07, 6.45) is 5.52. The first-order chi connectivity index (χ1) is 10.2. The van der Waals surface area contributed by atoms with Gasteiger partial charge in [0.05, 0.1) is 11.3 Å². The highest BCUT2D eigenvalue weighted by atomic mass is 19.1. The molecule has 0 saturated heterocycles. The van der Waals surface area contributed by atoms with Crippen molar-refractivity contribution in [2.75, 3.05) is 5.32 Å².